The minimum Gasteiger partial charge on any atom is -0.497 e. The number of benzene rings is 4. The molecular formula is C37H41NO5. The highest BCUT2D eigenvalue weighted by Crippen LogP contribution is 2.47. The summed E-state index contributed by atoms with van der Waals surface area (Å²) in [6.45, 7) is 3.07. The van der Waals surface area contributed by atoms with Crippen molar-refractivity contribution in [3.05, 3.63) is 119 Å². The molecule has 0 spiro atoms. The van der Waals surface area contributed by atoms with Crippen LogP contribution in [0.5, 0.6) is 17.2 Å². The average Bonchev–Trinajstić information content (AvgIpc) is 3.08. The molecule has 1 saturated heterocycles. The topological polar surface area (TPSA) is 49.4 Å². The van der Waals surface area contributed by atoms with Gasteiger partial charge in [0.2, 0.25) is 0 Å². The molecule has 0 radical (unpaired) electrons. The Kier molecular flexibility index (Phi) is 9.16. The predicted molar refractivity (Wildman–Crippen MR) is 169 cm³/mol. The number of nitrogens with zero attached hydrogens (tertiary/aromatic N) is 1. The number of anilines is 1. The molecule has 2 atom stereocenters. The van der Waals surface area contributed by atoms with Crippen LogP contribution >= 0.6 is 0 Å². The fourth-order valence-corrected chi connectivity index (χ4v) is 6.60. The van der Waals surface area contributed by atoms with E-state index in [1.54, 1.807) is 21.3 Å². The number of rotatable bonds is 10. The predicted octanol–water partition coefficient (Wildman–Crippen LogP) is 7.42. The molecule has 6 rings (SSSR count). The van der Waals surface area contributed by atoms with E-state index in [1.807, 2.05) is 30.3 Å². The number of methoxy groups -OCH3 is 3. The van der Waals surface area contributed by atoms with E-state index in [9.17, 15) is 0 Å². The van der Waals surface area contributed by atoms with Gasteiger partial charge in [0.25, 0.3) is 0 Å². The van der Waals surface area contributed by atoms with Gasteiger partial charge in [-0.25, -0.2) is 0 Å². The highest BCUT2D eigenvalue weighted by Gasteiger charge is 2.34. The minimum absolute atomic E-state index is 0.128. The largest absolute Gasteiger partial charge is 0.497 e. The molecule has 0 saturated carbocycles. The second-order valence-corrected chi connectivity index (χ2v) is 11.4. The zero-order valence-electron chi connectivity index (χ0n) is 25.3. The summed E-state index contributed by atoms with van der Waals surface area (Å²) in [4.78, 5) is 2.47. The average molecular weight is 580 g/mol. The van der Waals surface area contributed by atoms with Gasteiger partial charge in [0.05, 0.1) is 13.7 Å². The molecule has 0 bridgehead atoms. The first-order valence-corrected chi connectivity index (χ1v) is 15.1. The van der Waals surface area contributed by atoms with Crippen molar-refractivity contribution < 1.29 is 23.7 Å². The van der Waals surface area contributed by atoms with Crippen molar-refractivity contribution in [2.45, 2.75) is 37.6 Å². The lowest BCUT2D eigenvalue weighted by molar-refractivity contribution is -0.141. The third-order valence-electron chi connectivity index (χ3n) is 8.92. The fraction of sp³-hybridized carbons (Fsp3) is 0.351. The molecule has 4 aromatic carbocycles. The molecule has 0 aliphatic carbocycles. The zero-order chi connectivity index (χ0) is 29.6. The Balaban J connectivity index is 1.26. The van der Waals surface area contributed by atoms with Crippen LogP contribution in [0.4, 0.5) is 5.69 Å². The standard InChI is InChI=1S/C37H41NO5/c1-39-31-11-7-10-29(22-31)34-25-43-35-23-32(42-24-26-8-5-4-6-9-26)16-17-33(35)36(34)27-12-14-30(15-13-27)38-20-18-28(19-21-38)37(40-2)41-3/h4-17,22-23,28,34,36-37H,18-21,24-25H2,1-3H3. The number of hydrogen-bond donors (Lipinski definition) is 0. The van der Waals surface area contributed by atoms with Crippen LogP contribution in [0.1, 0.15) is 46.9 Å². The lowest BCUT2D eigenvalue weighted by Crippen LogP contribution is -2.39. The van der Waals surface area contributed by atoms with Crippen LogP contribution in [-0.2, 0) is 16.1 Å². The normalized spacial score (nSPS) is 18.7. The van der Waals surface area contributed by atoms with E-state index in [1.165, 1.54) is 22.4 Å². The fourth-order valence-electron chi connectivity index (χ4n) is 6.60. The van der Waals surface area contributed by atoms with E-state index >= 15 is 0 Å². The molecule has 2 aliphatic heterocycles. The summed E-state index contributed by atoms with van der Waals surface area (Å²) in [6, 6.07) is 34.0. The van der Waals surface area contributed by atoms with Gasteiger partial charge in [-0.1, -0.05) is 60.7 Å². The highest BCUT2D eigenvalue weighted by atomic mass is 16.7. The molecule has 0 aromatic heterocycles. The van der Waals surface area contributed by atoms with Crippen molar-refractivity contribution in [1.29, 1.82) is 0 Å². The highest BCUT2D eigenvalue weighted by molar-refractivity contribution is 5.54. The first-order valence-electron chi connectivity index (χ1n) is 15.1. The van der Waals surface area contributed by atoms with E-state index in [-0.39, 0.29) is 18.1 Å². The van der Waals surface area contributed by atoms with E-state index in [2.05, 4.69) is 71.6 Å². The molecule has 0 amide bonds. The molecule has 6 nitrogen and oxygen atoms in total. The summed E-state index contributed by atoms with van der Waals surface area (Å²) in [5.74, 6) is 3.24. The van der Waals surface area contributed by atoms with E-state index in [0.717, 1.165) is 48.7 Å². The molecule has 43 heavy (non-hydrogen) atoms. The second-order valence-electron chi connectivity index (χ2n) is 11.4. The first kappa shape index (κ1) is 29.1. The van der Waals surface area contributed by atoms with Crippen LogP contribution in [0, 0.1) is 5.92 Å². The molecule has 2 aliphatic rings. The summed E-state index contributed by atoms with van der Waals surface area (Å²) in [6.07, 6.45) is 1.97. The van der Waals surface area contributed by atoms with Crippen molar-refractivity contribution in [3.63, 3.8) is 0 Å². The third-order valence-corrected chi connectivity index (χ3v) is 8.92. The SMILES string of the molecule is COc1cccc(C2COc3cc(OCc4ccccc4)ccc3C2c2ccc(N3CCC(C(OC)OC)CC3)cc2)c1. The molecule has 0 N–H and O–H groups in total. The minimum atomic E-state index is -0.129. The van der Waals surface area contributed by atoms with E-state index in [4.69, 9.17) is 23.7 Å². The van der Waals surface area contributed by atoms with Gasteiger partial charge in [-0.15, -0.1) is 0 Å². The Bertz CT molecular complexity index is 1460. The molecule has 1 fully saturated rings. The van der Waals surface area contributed by atoms with Crippen LogP contribution in [0.3, 0.4) is 0 Å². The van der Waals surface area contributed by atoms with Crippen LogP contribution in [0.15, 0.2) is 97.1 Å². The van der Waals surface area contributed by atoms with Gasteiger partial charge in [0, 0.05) is 62.4 Å². The van der Waals surface area contributed by atoms with Gasteiger partial charge < -0.3 is 28.6 Å². The summed E-state index contributed by atoms with van der Waals surface area (Å²) in [5.41, 5.74) is 6.04. The second kappa shape index (κ2) is 13.5. The molecule has 224 valence electrons. The summed E-state index contributed by atoms with van der Waals surface area (Å²) < 4.78 is 29.2. The van der Waals surface area contributed by atoms with Crippen molar-refractivity contribution in [2.24, 2.45) is 5.92 Å². The number of ether oxygens (including phenoxy) is 5. The Labute approximate surface area is 255 Å². The molecule has 6 heteroatoms. The van der Waals surface area contributed by atoms with Crippen LogP contribution in [0.25, 0.3) is 0 Å². The smallest absolute Gasteiger partial charge is 0.159 e. The Morgan fingerprint density at radius 2 is 1.53 bits per heavy atom. The Hall–Kier alpha value is -4.00. The van der Waals surface area contributed by atoms with Crippen LogP contribution < -0.4 is 19.1 Å². The third kappa shape index (κ3) is 6.51. The number of fused-ring (bicyclic) bond motifs is 1. The van der Waals surface area contributed by atoms with Gasteiger partial charge in [-0.3, -0.25) is 0 Å². The van der Waals surface area contributed by atoms with Gasteiger partial charge in [-0.2, -0.15) is 0 Å². The lowest BCUT2D eigenvalue weighted by atomic mass is 9.76. The van der Waals surface area contributed by atoms with Crippen molar-refractivity contribution in [3.8, 4) is 17.2 Å². The summed E-state index contributed by atoms with van der Waals surface area (Å²) in [5, 5.41) is 0. The van der Waals surface area contributed by atoms with E-state index < -0.39 is 0 Å². The maximum absolute atomic E-state index is 6.43. The summed E-state index contributed by atoms with van der Waals surface area (Å²) in [7, 11) is 5.17. The van der Waals surface area contributed by atoms with Crippen molar-refractivity contribution >= 4 is 5.69 Å². The molecule has 4 aromatic rings. The first-order chi connectivity index (χ1) is 21.2. The van der Waals surface area contributed by atoms with Gasteiger partial charge in [0.15, 0.2) is 6.29 Å². The zero-order valence-corrected chi connectivity index (χ0v) is 25.3. The van der Waals surface area contributed by atoms with Gasteiger partial charge >= 0.3 is 0 Å². The maximum Gasteiger partial charge on any atom is 0.159 e. The molecule has 2 heterocycles. The van der Waals surface area contributed by atoms with Crippen molar-refractivity contribution in [2.75, 3.05) is 45.9 Å². The van der Waals surface area contributed by atoms with Crippen molar-refractivity contribution in [1.82, 2.24) is 0 Å². The Morgan fingerprint density at radius 3 is 2.26 bits per heavy atom. The van der Waals surface area contributed by atoms with Crippen LogP contribution in [0.2, 0.25) is 0 Å². The maximum atomic E-state index is 6.43. The van der Waals surface area contributed by atoms with Gasteiger partial charge in [-0.05, 0) is 59.9 Å². The lowest BCUT2D eigenvalue weighted by Gasteiger charge is -2.37. The number of piperidine rings is 1. The number of hydrogen-bond acceptors (Lipinski definition) is 6. The van der Waals surface area contributed by atoms with Gasteiger partial charge in [0.1, 0.15) is 23.9 Å². The quantitative estimate of drug-likeness (QED) is 0.182. The van der Waals surface area contributed by atoms with Crippen LogP contribution in [-0.4, -0.2) is 47.3 Å². The monoisotopic (exact) mass is 579 g/mol. The van der Waals surface area contributed by atoms with E-state index in [0.29, 0.717) is 19.1 Å². The Morgan fingerprint density at radius 1 is 0.767 bits per heavy atom. The summed E-state index contributed by atoms with van der Waals surface area (Å²) >= 11 is 0. The molecular weight excluding hydrogens is 538 g/mol. The molecule has 2 unspecified atom stereocenters.